The number of hydrogen-bond donors (Lipinski definition) is 2. The Labute approximate surface area is 130 Å². The predicted octanol–water partition coefficient (Wildman–Crippen LogP) is 4.40. The molecule has 4 heteroatoms. The van der Waals surface area contributed by atoms with Crippen LogP contribution in [0.4, 0.5) is 11.4 Å². The summed E-state index contributed by atoms with van der Waals surface area (Å²) in [4.78, 5) is 11.9. The highest BCUT2D eigenvalue weighted by molar-refractivity contribution is 6.30. The van der Waals surface area contributed by atoms with E-state index < -0.39 is 0 Å². The summed E-state index contributed by atoms with van der Waals surface area (Å²) in [6.45, 7) is 4.59. The molecule has 1 amide bonds. The SMILES string of the molecule is Cc1ccc(NC(=O)CCNc2cc(Cl)ccc2C)cc1. The summed E-state index contributed by atoms with van der Waals surface area (Å²) in [5.74, 6) is -0.00830. The topological polar surface area (TPSA) is 41.1 Å². The fourth-order valence-electron chi connectivity index (χ4n) is 1.96. The molecule has 2 aromatic rings. The summed E-state index contributed by atoms with van der Waals surface area (Å²) in [6.07, 6.45) is 0.403. The Kier molecular flexibility index (Phi) is 5.23. The van der Waals surface area contributed by atoms with Crippen molar-refractivity contribution in [1.29, 1.82) is 0 Å². The van der Waals surface area contributed by atoms with E-state index in [-0.39, 0.29) is 5.91 Å². The lowest BCUT2D eigenvalue weighted by Gasteiger charge is -2.10. The number of rotatable bonds is 5. The van der Waals surface area contributed by atoms with Crippen molar-refractivity contribution < 1.29 is 4.79 Å². The van der Waals surface area contributed by atoms with Crippen LogP contribution in [0, 0.1) is 13.8 Å². The number of nitrogens with one attached hydrogen (secondary N) is 2. The van der Waals surface area contributed by atoms with E-state index in [2.05, 4.69) is 10.6 Å². The molecule has 0 aliphatic rings. The van der Waals surface area contributed by atoms with Gasteiger partial charge in [-0.15, -0.1) is 0 Å². The molecule has 0 aliphatic carbocycles. The van der Waals surface area contributed by atoms with Gasteiger partial charge in [0, 0.05) is 29.4 Å². The second-order valence-electron chi connectivity index (χ2n) is 5.05. The van der Waals surface area contributed by atoms with Crippen molar-refractivity contribution in [1.82, 2.24) is 0 Å². The molecule has 0 unspecified atom stereocenters. The number of anilines is 2. The highest BCUT2D eigenvalue weighted by atomic mass is 35.5. The molecule has 2 N–H and O–H groups in total. The van der Waals surface area contributed by atoms with Gasteiger partial charge in [-0.1, -0.05) is 35.4 Å². The zero-order chi connectivity index (χ0) is 15.2. The molecule has 0 aromatic heterocycles. The van der Waals surface area contributed by atoms with Crippen LogP contribution in [0.5, 0.6) is 0 Å². The van der Waals surface area contributed by atoms with E-state index in [4.69, 9.17) is 11.6 Å². The Balaban J connectivity index is 1.81. The molecule has 0 radical (unpaired) electrons. The van der Waals surface area contributed by atoms with Gasteiger partial charge in [-0.05, 0) is 43.7 Å². The van der Waals surface area contributed by atoms with Gasteiger partial charge in [-0.3, -0.25) is 4.79 Å². The third-order valence-electron chi connectivity index (χ3n) is 3.20. The van der Waals surface area contributed by atoms with Crippen LogP contribution in [0.1, 0.15) is 17.5 Å². The zero-order valence-electron chi connectivity index (χ0n) is 12.2. The molecule has 0 saturated heterocycles. The summed E-state index contributed by atoms with van der Waals surface area (Å²) >= 11 is 5.96. The van der Waals surface area contributed by atoms with E-state index in [0.29, 0.717) is 18.0 Å². The van der Waals surface area contributed by atoms with Crippen molar-refractivity contribution in [2.24, 2.45) is 0 Å². The van der Waals surface area contributed by atoms with E-state index in [1.54, 1.807) is 0 Å². The van der Waals surface area contributed by atoms with Crippen molar-refractivity contribution >= 4 is 28.9 Å². The summed E-state index contributed by atoms with van der Waals surface area (Å²) < 4.78 is 0. The molecule has 0 spiro atoms. The van der Waals surface area contributed by atoms with Gasteiger partial charge in [0.2, 0.25) is 5.91 Å². The molecule has 0 atom stereocenters. The lowest BCUT2D eigenvalue weighted by Crippen LogP contribution is -2.16. The van der Waals surface area contributed by atoms with Gasteiger partial charge in [0.1, 0.15) is 0 Å². The summed E-state index contributed by atoms with van der Waals surface area (Å²) in [5, 5.41) is 6.80. The molecule has 21 heavy (non-hydrogen) atoms. The molecule has 0 heterocycles. The largest absolute Gasteiger partial charge is 0.384 e. The first-order valence-corrected chi connectivity index (χ1v) is 7.29. The van der Waals surface area contributed by atoms with Gasteiger partial charge in [0.25, 0.3) is 0 Å². The standard InChI is InChI=1S/C17H19ClN2O/c1-12-3-7-15(8-4-12)20-17(21)9-10-19-16-11-14(18)6-5-13(16)2/h3-8,11,19H,9-10H2,1-2H3,(H,20,21). The van der Waals surface area contributed by atoms with Crippen molar-refractivity contribution in [3.63, 3.8) is 0 Å². The maximum absolute atomic E-state index is 11.9. The monoisotopic (exact) mass is 302 g/mol. The second kappa shape index (κ2) is 7.14. The Hall–Kier alpha value is -2.00. The highest BCUT2D eigenvalue weighted by Gasteiger charge is 2.03. The van der Waals surface area contributed by atoms with Crippen molar-refractivity contribution in [3.8, 4) is 0 Å². The van der Waals surface area contributed by atoms with Gasteiger partial charge in [0.05, 0.1) is 0 Å². The number of carbonyl (C=O) groups is 1. The molecule has 0 saturated carbocycles. The Morgan fingerprint density at radius 1 is 1.10 bits per heavy atom. The normalized spacial score (nSPS) is 10.2. The van der Waals surface area contributed by atoms with Crippen LogP contribution < -0.4 is 10.6 Å². The lowest BCUT2D eigenvalue weighted by molar-refractivity contribution is -0.115. The third kappa shape index (κ3) is 4.80. The van der Waals surface area contributed by atoms with Crippen LogP contribution in [-0.2, 0) is 4.79 Å². The van der Waals surface area contributed by atoms with Gasteiger partial charge in [-0.2, -0.15) is 0 Å². The molecule has 2 rings (SSSR count). The number of hydrogen-bond acceptors (Lipinski definition) is 2. The van der Waals surface area contributed by atoms with Gasteiger partial charge in [-0.25, -0.2) is 0 Å². The maximum atomic E-state index is 11.9. The number of benzene rings is 2. The first-order chi connectivity index (χ1) is 10.0. The fraction of sp³-hybridized carbons (Fsp3) is 0.235. The molecule has 0 aliphatic heterocycles. The van der Waals surface area contributed by atoms with Crippen LogP contribution in [0.3, 0.4) is 0 Å². The first-order valence-electron chi connectivity index (χ1n) is 6.91. The zero-order valence-corrected chi connectivity index (χ0v) is 13.0. The second-order valence-corrected chi connectivity index (χ2v) is 5.49. The van der Waals surface area contributed by atoms with Crippen LogP contribution in [0.25, 0.3) is 0 Å². The molecule has 0 bridgehead atoms. The van der Waals surface area contributed by atoms with Gasteiger partial charge < -0.3 is 10.6 Å². The van der Waals surface area contributed by atoms with E-state index in [0.717, 1.165) is 16.9 Å². The summed E-state index contributed by atoms with van der Waals surface area (Å²) in [7, 11) is 0. The number of aryl methyl sites for hydroxylation is 2. The van der Waals surface area contributed by atoms with Crippen molar-refractivity contribution in [3.05, 3.63) is 58.6 Å². The van der Waals surface area contributed by atoms with E-state index in [1.807, 2.05) is 56.3 Å². The van der Waals surface area contributed by atoms with E-state index in [9.17, 15) is 4.79 Å². The number of halogens is 1. The molecular formula is C17H19ClN2O. The average Bonchev–Trinajstić information content (AvgIpc) is 2.45. The van der Waals surface area contributed by atoms with E-state index in [1.165, 1.54) is 5.56 Å². The van der Waals surface area contributed by atoms with Crippen LogP contribution in [0.2, 0.25) is 5.02 Å². The molecule has 2 aromatic carbocycles. The minimum absolute atomic E-state index is 0.00830. The van der Waals surface area contributed by atoms with Crippen LogP contribution >= 0.6 is 11.6 Å². The molecular weight excluding hydrogens is 284 g/mol. The Morgan fingerprint density at radius 3 is 2.52 bits per heavy atom. The fourth-order valence-corrected chi connectivity index (χ4v) is 2.13. The molecule has 0 fully saturated rings. The quantitative estimate of drug-likeness (QED) is 0.859. The minimum Gasteiger partial charge on any atom is -0.384 e. The highest BCUT2D eigenvalue weighted by Crippen LogP contribution is 2.20. The minimum atomic E-state index is -0.00830. The maximum Gasteiger partial charge on any atom is 0.226 e. The molecule has 110 valence electrons. The first kappa shape index (κ1) is 15.4. The van der Waals surface area contributed by atoms with Crippen LogP contribution in [-0.4, -0.2) is 12.5 Å². The Morgan fingerprint density at radius 2 is 1.81 bits per heavy atom. The molecule has 3 nitrogen and oxygen atoms in total. The predicted molar refractivity (Wildman–Crippen MR) is 89.1 cm³/mol. The van der Waals surface area contributed by atoms with Crippen molar-refractivity contribution in [2.75, 3.05) is 17.2 Å². The van der Waals surface area contributed by atoms with Gasteiger partial charge in [0.15, 0.2) is 0 Å². The number of carbonyl (C=O) groups excluding carboxylic acids is 1. The van der Waals surface area contributed by atoms with Crippen LogP contribution in [0.15, 0.2) is 42.5 Å². The summed E-state index contributed by atoms with van der Waals surface area (Å²) in [6, 6.07) is 13.4. The van der Waals surface area contributed by atoms with Crippen molar-refractivity contribution in [2.45, 2.75) is 20.3 Å². The van der Waals surface area contributed by atoms with E-state index >= 15 is 0 Å². The third-order valence-corrected chi connectivity index (χ3v) is 3.44. The summed E-state index contributed by atoms with van der Waals surface area (Å²) in [5.41, 5.74) is 4.07. The number of amides is 1. The Bertz CT molecular complexity index is 623. The lowest BCUT2D eigenvalue weighted by atomic mass is 10.2. The smallest absolute Gasteiger partial charge is 0.226 e. The average molecular weight is 303 g/mol. The van der Waals surface area contributed by atoms with Gasteiger partial charge >= 0.3 is 0 Å².